The van der Waals surface area contributed by atoms with Crippen molar-refractivity contribution in [1.82, 2.24) is 0 Å². The van der Waals surface area contributed by atoms with E-state index in [2.05, 4.69) is 13.8 Å². The van der Waals surface area contributed by atoms with Crippen molar-refractivity contribution in [3.8, 4) is 0 Å². The van der Waals surface area contributed by atoms with Gasteiger partial charge < -0.3 is 15.3 Å². The number of aliphatic hydroxyl groups excluding tert-OH is 1. The van der Waals surface area contributed by atoms with Crippen LogP contribution in [0.2, 0.25) is 0 Å². The summed E-state index contributed by atoms with van der Waals surface area (Å²) in [7, 11) is 0. The minimum Gasteiger partial charge on any atom is -0.459 e. The fourth-order valence-corrected chi connectivity index (χ4v) is 2.13. The van der Waals surface area contributed by atoms with E-state index >= 15 is 0 Å². The molecule has 3 heteroatoms. The third-order valence-electron chi connectivity index (χ3n) is 3.56. The average molecular weight is 233 g/mol. The summed E-state index contributed by atoms with van der Waals surface area (Å²) in [6.45, 7) is 4.11. The topological polar surface area (TPSA) is 59.4 Å². The first-order chi connectivity index (χ1) is 8.12. The lowest BCUT2D eigenvalue weighted by Crippen LogP contribution is -2.34. The van der Waals surface area contributed by atoms with E-state index in [1.807, 2.05) is 24.3 Å². The molecule has 1 aromatic carbocycles. The lowest BCUT2D eigenvalue weighted by molar-refractivity contribution is 0.251. The Morgan fingerprint density at radius 1 is 1.24 bits per heavy atom. The number of hydrogen-bond donors (Lipinski definition) is 2. The Hall–Kier alpha value is -1.32. The van der Waals surface area contributed by atoms with Gasteiger partial charge in [0.1, 0.15) is 18.0 Å². The summed E-state index contributed by atoms with van der Waals surface area (Å²) in [6, 6.07) is 7.89. The molecular formula is C14H19NO2. The molecule has 1 aromatic heterocycles. The number of nitrogens with two attached hydrogens (primary N) is 1. The van der Waals surface area contributed by atoms with Gasteiger partial charge in [-0.1, -0.05) is 26.0 Å². The number of aliphatic hydroxyl groups is 1. The van der Waals surface area contributed by atoms with Gasteiger partial charge in [0.05, 0.1) is 0 Å². The quantitative estimate of drug-likeness (QED) is 0.853. The highest BCUT2D eigenvalue weighted by molar-refractivity contribution is 5.78. The molecule has 92 valence electrons. The van der Waals surface area contributed by atoms with Crippen LogP contribution in [-0.4, -0.2) is 5.11 Å². The maximum atomic E-state index is 9.04. The molecule has 3 nitrogen and oxygen atoms in total. The summed E-state index contributed by atoms with van der Waals surface area (Å²) < 4.78 is 5.54. The number of furan rings is 1. The van der Waals surface area contributed by atoms with E-state index in [1.54, 1.807) is 0 Å². The second-order valence-electron chi connectivity index (χ2n) is 4.49. The van der Waals surface area contributed by atoms with Crippen molar-refractivity contribution in [2.24, 2.45) is 5.73 Å². The van der Waals surface area contributed by atoms with Gasteiger partial charge in [-0.25, -0.2) is 0 Å². The lowest BCUT2D eigenvalue weighted by atomic mass is 9.85. The van der Waals surface area contributed by atoms with Gasteiger partial charge in [0.2, 0.25) is 0 Å². The first-order valence-corrected chi connectivity index (χ1v) is 6.05. The number of hydrogen-bond acceptors (Lipinski definition) is 3. The molecule has 0 spiro atoms. The van der Waals surface area contributed by atoms with Gasteiger partial charge in [0, 0.05) is 10.9 Å². The Kier molecular flexibility index (Phi) is 3.22. The summed E-state index contributed by atoms with van der Waals surface area (Å²) in [4.78, 5) is 0. The van der Waals surface area contributed by atoms with Crippen molar-refractivity contribution in [1.29, 1.82) is 0 Å². The largest absolute Gasteiger partial charge is 0.459 e. The number of rotatable bonds is 4. The van der Waals surface area contributed by atoms with E-state index in [-0.39, 0.29) is 12.1 Å². The van der Waals surface area contributed by atoms with Crippen molar-refractivity contribution < 1.29 is 9.52 Å². The van der Waals surface area contributed by atoms with E-state index in [4.69, 9.17) is 15.3 Å². The Morgan fingerprint density at radius 2 is 1.94 bits per heavy atom. The highest BCUT2D eigenvalue weighted by Gasteiger charge is 2.23. The lowest BCUT2D eigenvalue weighted by Gasteiger charge is -2.27. The number of fused-ring (bicyclic) bond motifs is 1. The molecule has 1 heterocycles. The van der Waals surface area contributed by atoms with Crippen LogP contribution in [0.4, 0.5) is 0 Å². The monoisotopic (exact) mass is 233 g/mol. The Morgan fingerprint density at radius 3 is 2.53 bits per heavy atom. The van der Waals surface area contributed by atoms with Crippen LogP contribution in [0.15, 0.2) is 28.7 Å². The average Bonchev–Trinajstić information content (AvgIpc) is 2.79. The predicted molar refractivity (Wildman–Crippen MR) is 68.6 cm³/mol. The molecule has 0 bridgehead atoms. The van der Waals surface area contributed by atoms with Crippen LogP contribution < -0.4 is 5.73 Å². The van der Waals surface area contributed by atoms with Crippen LogP contribution >= 0.6 is 0 Å². The molecule has 0 fully saturated rings. The van der Waals surface area contributed by atoms with Crippen LogP contribution in [-0.2, 0) is 12.1 Å². The maximum Gasteiger partial charge on any atom is 0.134 e. The molecule has 2 aromatic rings. The van der Waals surface area contributed by atoms with E-state index in [9.17, 15) is 0 Å². The summed E-state index contributed by atoms with van der Waals surface area (Å²) in [5.74, 6) is 0.591. The van der Waals surface area contributed by atoms with E-state index in [1.165, 1.54) is 0 Å². The maximum absolute atomic E-state index is 9.04. The molecule has 0 aliphatic rings. The van der Waals surface area contributed by atoms with Crippen molar-refractivity contribution in [2.75, 3.05) is 0 Å². The zero-order valence-electron chi connectivity index (χ0n) is 10.4. The van der Waals surface area contributed by atoms with Crippen molar-refractivity contribution >= 4 is 11.0 Å². The molecule has 0 radical (unpaired) electrons. The fourth-order valence-electron chi connectivity index (χ4n) is 2.13. The molecule has 0 unspecified atom stereocenters. The molecule has 0 amide bonds. The fraction of sp³-hybridized carbons (Fsp3) is 0.429. The molecule has 0 saturated carbocycles. The normalized spacial score (nSPS) is 12.2. The van der Waals surface area contributed by atoms with Gasteiger partial charge in [-0.05, 0) is 30.5 Å². The van der Waals surface area contributed by atoms with Crippen LogP contribution in [0.25, 0.3) is 11.0 Å². The first kappa shape index (κ1) is 12.1. The minimum atomic E-state index is -0.291. The van der Waals surface area contributed by atoms with Crippen molar-refractivity contribution in [2.45, 2.75) is 38.8 Å². The molecule has 2 rings (SSSR count). The highest BCUT2D eigenvalue weighted by atomic mass is 16.4. The van der Waals surface area contributed by atoms with Crippen molar-refractivity contribution in [3.63, 3.8) is 0 Å². The zero-order valence-corrected chi connectivity index (χ0v) is 10.4. The van der Waals surface area contributed by atoms with E-state index < -0.39 is 0 Å². The minimum absolute atomic E-state index is 0.0701. The summed E-state index contributed by atoms with van der Waals surface area (Å²) >= 11 is 0. The summed E-state index contributed by atoms with van der Waals surface area (Å²) in [5, 5.41) is 10.0. The molecule has 17 heavy (non-hydrogen) atoms. The second kappa shape index (κ2) is 4.51. The second-order valence-corrected chi connectivity index (χ2v) is 4.49. The van der Waals surface area contributed by atoms with Crippen LogP contribution in [0.3, 0.4) is 0 Å². The standard InChI is InChI=1S/C14H19NO2/c1-3-14(15,4-2)11-6-5-10-7-12(9-16)17-13(10)8-11/h5-8,16H,3-4,9,15H2,1-2H3. The van der Waals surface area contributed by atoms with Gasteiger partial charge >= 0.3 is 0 Å². The van der Waals surface area contributed by atoms with Gasteiger partial charge in [-0.2, -0.15) is 0 Å². The van der Waals surface area contributed by atoms with Gasteiger partial charge in [0.15, 0.2) is 0 Å². The molecule has 0 aliphatic heterocycles. The smallest absolute Gasteiger partial charge is 0.134 e. The van der Waals surface area contributed by atoms with Gasteiger partial charge in [0.25, 0.3) is 0 Å². The van der Waals surface area contributed by atoms with Crippen LogP contribution in [0, 0.1) is 0 Å². The zero-order chi connectivity index (χ0) is 12.5. The number of benzene rings is 1. The molecule has 3 N–H and O–H groups in total. The van der Waals surface area contributed by atoms with Crippen LogP contribution in [0.5, 0.6) is 0 Å². The van der Waals surface area contributed by atoms with E-state index in [0.29, 0.717) is 5.76 Å². The Bertz CT molecular complexity index is 512. The molecule has 0 aliphatic carbocycles. The third-order valence-corrected chi connectivity index (χ3v) is 3.56. The SMILES string of the molecule is CCC(N)(CC)c1ccc2cc(CO)oc2c1. The van der Waals surface area contributed by atoms with Crippen LogP contribution in [0.1, 0.15) is 38.0 Å². The molecular weight excluding hydrogens is 214 g/mol. The summed E-state index contributed by atoms with van der Waals surface area (Å²) in [6.07, 6.45) is 1.78. The first-order valence-electron chi connectivity index (χ1n) is 6.05. The molecule has 0 saturated heterocycles. The third kappa shape index (κ3) is 2.08. The van der Waals surface area contributed by atoms with Crippen molar-refractivity contribution in [3.05, 3.63) is 35.6 Å². The highest BCUT2D eigenvalue weighted by Crippen LogP contribution is 2.29. The van der Waals surface area contributed by atoms with Gasteiger partial charge in [-0.15, -0.1) is 0 Å². The summed E-state index contributed by atoms with van der Waals surface area (Å²) in [5.41, 5.74) is 7.95. The Balaban J connectivity index is 2.50. The molecule has 0 atom stereocenters. The predicted octanol–water partition coefficient (Wildman–Crippen LogP) is 2.90. The van der Waals surface area contributed by atoms with Gasteiger partial charge in [-0.3, -0.25) is 0 Å². The Labute approximate surface area is 101 Å². The van der Waals surface area contributed by atoms with E-state index in [0.717, 1.165) is 29.4 Å².